The van der Waals surface area contributed by atoms with Crippen molar-refractivity contribution in [2.24, 2.45) is 4.99 Å². The second kappa shape index (κ2) is 11.6. The molecule has 2 N–H and O–H groups in total. The van der Waals surface area contributed by atoms with E-state index in [0.29, 0.717) is 18.1 Å². The van der Waals surface area contributed by atoms with E-state index in [9.17, 15) is 13.2 Å². The number of halogens is 4. The second-order valence-corrected chi connectivity index (χ2v) is 7.41. The highest BCUT2D eigenvalue weighted by Gasteiger charge is 2.31. The Morgan fingerprint density at radius 2 is 1.97 bits per heavy atom. The van der Waals surface area contributed by atoms with Crippen LogP contribution in [-0.2, 0) is 13.0 Å². The molecule has 1 aliphatic rings. The lowest BCUT2D eigenvalue weighted by Gasteiger charge is -2.15. The molecule has 0 aliphatic carbocycles. The Hall–Kier alpha value is -1.76. The molecule has 0 atom stereocenters. The Bertz CT molecular complexity index is 824. The van der Waals surface area contributed by atoms with E-state index >= 15 is 0 Å². The molecule has 0 radical (unpaired) electrons. The lowest BCUT2D eigenvalue weighted by Crippen LogP contribution is -2.38. The maximum atomic E-state index is 12.5. The lowest BCUT2D eigenvalue weighted by molar-refractivity contribution is -0.274. The molecule has 166 valence electrons. The van der Waals surface area contributed by atoms with Crippen molar-refractivity contribution < 1.29 is 17.9 Å². The Kier molecular flexibility index (Phi) is 9.46. The third-order valence-corrected chi connectivity index (χ3v) is 5.41. The van der Waals surface area contributed by atoms with Crippen LogP contribution in [0.25, 0.3) is 0 Å². The summed E-state index contributed by atoms with van der Waals surface area (Å²) in [5, 5.41) is 9.31. The second-order valence-electron chi connectivity index (χ2n) is 6.57. The van der Waals surface area contributed by atoms with Gasteiger partial charge in [0.1, 0.15) is 5.75 Å². The van der Waals surface area contributed by atoms with Crippen LogP contribution in [0.2, 0.25) is 0 Å². The first-order valence-electron chi connectivity index (χ1n) is 9.42. The molecule has 1 aromatic heterocycles. The maximum absolute atomic E-state index is 12.5. The van der Waals surface area contributed by atoms with Crippen molar-refractivity contribution in [1.82, 2.24) is 15.6 Å². The van der Waals surface area contributed by atoms with Crippen molar-refractivity contribution in [2.45, 2.75) is 32.2 Å². The van der Waals surface area contributed by atoms with Crippen LogP contribution >= 0.6 is 35.3 Å². The zero-order chi connectivity index (χ0) is 20.7. The van der Waals surface area contributed by atoms with Gasteiger partial charge in [0.05, 0.1) is 5.69 Å². The van der Waals surface area contributed by atoms with Gasteiger partial charge in [0.15, 0.2) is 11.1 Å². The molecule has 2 heterocycles. The van der Waals surface area contributed by atoms with Crippen molar-refractivity contribution in [2.75, 3.05) is 31.6 Å². The minimum atomic E-state index is -4.72. The number of benzene rings is 1. The van der Waals surface area contributed by atoms with Crippen LogP contribution in [0, 0.1) is 0 Å². The van der Waals surface area contributed by atoms with E-state index in [1.165, 1.54) is 25.0 Å². The molecule has 1 fully saturated rings. The van der Waals surface area contributed by atoms with E-state index in [0.717, 1.165) is 30.3 Å². The number of guanidine groups is 1. The average molecular weight is 555 g/mol. The van der Waals surface area contributed by atoms with Crippen LogP contribution in [0.4, 0.5) is 18.3 Å². The number of rotatable bonds is 7. The number of aromatic nitrogens is 1. The molecule has 0 unspecified atom stereocenters. The van der Waals surface area contributed by atoms with Crippen molar-refractivity contribution >= 4 is 46.4 Å². The first kappa shape index (κ1) is 24.5. The van der Waals surface area contributed by atoms with Crippen molar-refractivity contribution in [3.05, 3.63) is 40.9 Å². The minimum absolute atomic E-state index is 0. The van der Waals surface area contributed by atoms with Crippen LogP contribution < -0.4 is 20.3 Å². The predicted molar refractivity (Wildman–Crippen MR) is 124 cm³/mol. The van der Waals surface area contributed by atoms with Gasteiger partial charge in [-0.05, 0) is 18.9 Å². The molecule has 11 heteroatoms. The van der Waals surface area contributed by atoms with Gasteiger partial charge in [-0.3, -0.25) is 4.99 Å². The number of alkyl halides is 3. The van der Waals surface area contributed by atoms with Crippen LogP contribution in [0.5, 0.6) is 5.75 Å². The molecule has 0 bridgehead atoms. The fourth-order valence-corrected chi connectivity index (χ4v) is 3.96. The zero-order valence-corrected chi connectivity index (χ0v) is 19.7. The minimum Gasteiger partial charge on any atom is -0.405 e. The maximum Gasteiger partial charge on any atom is 0.573 e. The van der Waals surface area contributed by atoms with Crippen molar-refractivity contribution in [1.29, 1.82) is 0 Å². The van der Waals surface area contributed by atoms with E-state index in [4.69, 9.17) is 0 Å². The monoisotopic (exact) mass is 555 g/mol. The zero-order valence-electron chi connectivity index (χ0n) is 16.5. The van der Waals surface area contributed by atoms with E-state index in [1.54, 1.807) is 30.5 Å². The van der Waals surface area contributed by atoms with Gasteiger partial charge in [0, 0.05) is 50.6 Å². The number of nitrogens with one attached hydrogen (secondary N) is 2. The van der Waals surface area contributed by atoms with Gasteiger partial charge in [-0.15, -0.1) is 48.5 Å². The van der Waals surface area contributed by atoms with Crippen LogP contribution in [0.3, 0.4) is 0 Å². The summed E-state index contributed by atoms with van der Waals surface area (Å²) in [6.07, 6.45) is -1.55. The highest BCUT2D eigenvalue weighted by Crippen LogP contribution is 2.26. The number of para-hydroxylation sites is 1. The molecule has 0 saturated carbocycles. The quantitative estimate of drug-likeness (QED) is 0.305. The summed E-state index contributed by atoms with van der Waals surface area (Å²) in [7, 11) is 1.61. The molecule has 1 saturated heterocycles. The largest absolute Gasteiger partial charge is 0.573 e. The normalized spacial score (nSPS) is 14.4. The van der Waals surface area contributed by atoms with E-state index in [1.807, 2.05) is 0 Å². The fourth-order valence-electron chi connectivity index (χ4n) is 3.05. The average Bonchev–Trinajstić information content (AvgIpc) is 3.36. The third kappa shape index (κ3) is 7.49. The fraction of sp³-hybridized carbons (Fsp3) is 0.474. The summed E-state index contributed by atoms with van der Waals surface area (Å²) in [4.78, 5) is 11.1. The third-order valence-electron chi connectivity index (χ3n) is 4.46. The Morgan fingerprint density at radius 3 is 2.67 bits per heavy atom. The van der Waals surface area contributed by atoms with Gasteiger partial charge in [-0.2, -0.15) is 0 Å². The Labute approximate surface area is 195 Å². The highest BCUT2D eigenvalue weighted by atomic mass is 127. The Morgan fingerprint density at radius 1 is 1.23 bits per heavy atom. The molecule has 1 aliphatic heterocycles. The van der Waals surface area contributed by atoms with Crippen molar-refractivity contribution in [3.63, 3.8) is 0 Å². The van der Waals surface area contributed by atoms with E-state index in [-0.39, 0.29) is 36.3 Å². The number of aliphatic imine (C=N–C) groups is 1. The summed E-state index contributed by atoms with van der Waals surface area (Å²) >= 11 is 1.66. The topological polar surface area (TPSA) is 61.8 Å². The first-order chi connectivity index (χ1) is 13.9. The first-order valence-corrected chi connectivity index (χ1v) is 10.3. The predicted octanol–water partition coefficient (Wildman–Crippen LogP) is 4.17. The van der Waals surface area contributed by atoms with Gasteiger partial charge in [0.25, 0.3) is 0 Å². The standard InChI is InChI=1S/C19H24F3N5OS.HI/c1-23-17(25-12-14-6-2-3-7-16(14)28-19(20,21)22)24-9-8-15-13-29-18(26-15)27-10-4-5-11-27;/h2-3,6-7,13H,4-5,8-12H2,1H3,(H2,23,24,25);1H. The van der Waals surface area contributed by atoms with Crippen LogP contribution in [-0.4, -0.2) is 44.0 Å². The number of ether oxygens (including phenoxy) is 1. The highest BCUT2D eigenvalue weighted by molar-refractivity contribution is 14.0. The van der Waals surface area contributed by atoms with E-state index < -0.39 is 6.36 Å². The van der Waals surface area contributed by atoms with Crippen LogP contribution in [0.15, 0.2) is 34.6 Å². The van der Waals surface area contributed by atoms with Crippen LogP contribution in [0.1, 0.15) is 24.1 Å². The summed E-state index contributed by atoms with van der Waals surface area (Å²) in [5.74, 6) is 0.279. The van der Waals surface area contributed by atoms with Gasteiger partial charge in [-0.25, -0.2) is 4.98 Å². The molecule has 3 rings (SSSR count). The SMILES string of the molecule is CN=C(NCCc1csc(N2CCCC2)n1)NCc1ccccc1OC(F)(F)F.I. The molecule has 1 aromatic carbocycles. The molecule has 6 nitrogen and oxygen atoms in total. The number of hydrogen-bond acceptors (Lipinski definition) is 5. The summed E-state index contributed by atoms with van der Waals surface area (Å²) in [6.45, 7) is 2.91. The number of hydrogen-bond donors (Lipinski definition) is 2. The van der Waals surface area contributed by atoms with Gasteiger partial charge in [-0.1, -0.05) is 18.2 Å². The molecular formula is C19H25F3IN5OS. The summed E-state index contributed by atoms with van der Waals surface area (Å²) in [6, 6.07) is 6.04. The molecule has 0 amide bonds. The lowest BCUT2D eigenvalue weighted by atomic mass is 10.2. The number of anilines is 1. The smallest absolute Gasteiger partial charge is 0.405 e. The van der Waals surface area contributed by atoms with Crippen molar-refractivity contribution in [3.8, 4) is 5.75 Å². The summed E-state index contributed by atoms with van der Waals surface area (Å²) < 4.78 is 41.7. The van der Waals surface area contributed by atoms with E-state index in [2.05, 4.69) is 35.6 Å². The number of nitrogens with zero attached hydrogens (tertiary/aromatic N) is 3. The van der Waals surface area contributed by atoms with Gasteiger partial charge in [0.2, 0.25) is 0 Å². The molecular weight excluding hydrogens is 530 g/mol. The molecule has 0 spiro atoms. The molecule has 2 aromatic rings. The van der Waals surface area contributed by atoms with Gasteiger partial charge < -0.3 is 20.3 Å². The summed E-state index contributed by atoms with van der Waals surface area (Å²) in [5.41, 5.74) is 1.41. The van der Waals surface area contributed by atoms with Gasteiger partial charge >= 0.3 is 6.36 Å². The Balaban J connectivity index is 0.00000320. The number of thiazole rings is 1. The molecule has 30 heavy (non-hydrogen) atoms.